The Labute approximate surface area is 192 Å². The van der Waals surface area contributed by atoms with Crippen LogP contribution in [0.15, 0.2) is 48.7 Å². The van der Waals surface area contributed by atoms with Crippen molar-refractivity contribution in [2.45, 2.75) is 6.92 Å². The van der Waals surface area contributed by atoms with Crippen LogP contribution in [0.4, 0.5) is 15.8 Å². The van der Waals surface area contributed by atoms with Crippen LogP contribution in [-0.4, -0.2) is 66.6 Å². The highest BCUT2D eigenvalue weighted by Crippen LogP contribution is 2.33. The van der Waals surface area contributed by atoms with Crippen LogP contribution in [0.1, 0.15) is 15.9 Å². The minimum atomic E-state index is -0.307. The zero-order valence-electron chi connectivity index (χ0n) is 18.3. The molecule has 0 N–H and O–H groups in total. The lowest BCUT2D eigenvalue weighted by molar-refractivity contribution is 0.0772. The van der Waals surface area contributed by atoms with Crippen LogP contribution >= 0.6 is 11.8 Å². The van der Waals surface area contributed by atoms with E-state index in [1.54, 1.807) is 12.3 Å². The van der Waals surface area contributed by atoms with Crippen LogP contribution in [0, 0.1) is 12.7 Å². The number of aromatic nitrogens is 1. The summed E-state index contributed by atoms with van der Waals surface area (Å²) in [6.45, 7) is 6.80. The largest absolute Gasteiger partial charge is 0.368 e. The van der Waals surface area contributed by atoms with E-state index in [2.05, 4.69) is 46.0 Å². The lowest BCUT2D eigenvalue weighted by Gasteiger charge is -2.39. The van der Waals surface area contributed by atoms with Crippen molar-refractivity contribution in [1.29, 1.82) is 0 Å². The second kappa shape index (κ2) is 8.98. The van der Waals surface area contributed by atoms with Crippen LogP contribution < -0.4 is 9.80 Å². The van der Waals surface area contributed by atoms with Crippen LogP contribution in [0.25, 0.3) is 10.9 Å². The number of piperazine rings is 1. The highest BCUT2D eigenvalue weighted by Gasteiger charge is 2.28. The molecule has 0 saturated carbocycles. The fourth-order valence-electron chi connectivity index (χ4n) is 4.60. The number of hydrogen-bond donors (Lipinski definition) is 0. The van der Waals surface area contributed by atoms with Gasteiger partial charge in [0.25, 0.3) is 5.91 Å². The van der Waals surface area contributed by atoms with Crippen molar-refractivity contribution in [3.05, 3.63) is 65.6 Å². The predicted octanol–water partition coefficient (Wildman–Crippen LogP) is 4.20. The summed E-state index contributed by atoms with van der Waals surface area (Å²) in [7, 11) is 0. The number of carbonyl (C=O) groups is 1. The van der Waals surface area contributed by atoms with Crippen molar-refractivity contribution in [2.24, 2.45) is 0 Å². The molecule has 3 aromatic rings. The predicted molar refractivity (Wildman–Crippen MR) is 131 cm³/mol. The van der Waals surface area contributed by atoms with Gasteiger partial charge in [-0.25, -0.2) is 4.39 Å². The molecule has 2 aliphatic heterocycles. The number of carbonyl (C=O) groups excluding carboxylic acids is 1. The molecular formula is C25H27FN4OS. The summed E-state index contributed by atoms with van der Waals surface area (Å²) >= 11 is 1.87. The Morgan fingerprint density at radius 1 is 0.969 bits per heavy atom. The molecule has 2 aliphatic rings. The summed E-state index contributed by atoms with van der Waals surface area (Å²) in [6, 6.07) is 13.2. The third-order valence-electron chi connectivity index (χ3n) is 6.29. The Hall–Kier alpha value is -2.80. The molecule has 0 unspecified atom stereocenters. The summed E-state index contributed by atoms with van der Waals surface area (Å²) in [5, 5.41) is 0.714. The van der Waals surface area contributed by atoms with Crippen LogP contribution in [-0.2, 0) is 0 Å². The average molecular weight is 451 g/mol. The van der Waals surface area contributed by atoms with Gasteiger partial charge in [-0.05, 0) is 42.8 Å². The second-order valence-electron chi connectivity index (χ2n) is 8.40. The smallest absolute Gasteiger partial charge is 0.257 e. The van der Waals surface area contributed by atoms with Gasteiger partial charge in [0.15, 0.2) is 0 Å². The van der Waals surface area contributed by atoms with Gasteiger partial charge < -0.3 is 14.7 Å². The maximum atomic E-state index is 14.2. The van der Waals surface area contributed by atoms with Gasteiger partial charge in [0.05, 0.1) is 16.8 Å². The number of aryl methyl sites for hydroxylation is 1. The average Bonchev–Trinajstić information content (AvgIpc) is 2.83. The third kappa shape index (κ3) is 4.13. The fraction of sp³-hybridized carbons (Fsp3) is 0.360. The first-order valence-electron chi connectivity index (χ1n) is 11.1. The number of fused-ring (bicyclic) bond motifs is 1. The number of nitrogens with zero attached hydrogens (tertiary/aromatic N) is 4. The van der Waals surface area contributed by atoms with Gasteiger partial charge in [-0.15, -0.1) is 0 Å². The fourth-order valence-corrected chi connectivity index (χ4v) is 5.50. The van der Waals surface area contributed by atoms with E-state index in [-0.39, 0.29) is 11.7 Å². The summed E-state index contributed by atoms with van der Waals surface area (Å²) in [6.07, 6.45) is 1.69. The van der Waals surface area contributed by atoms with E-state index in [9.17, 15) is 9.18 Å². The Morgan fingerprint density at radius 3 is 2.47 bits per heavy atom. The topological polar surface area (TPSA) is 39.7 Å². The number of pyridine rings is 1. The van der Waals surface area contributed by atoms with Gasteiger partial charge in [0.2, 0.25) is 0 Å². The first-order chi connectivity index (χ1) is 15.6. The molecule has 32 heavy (non-hydrogen) atoms. The molecule has 0 atom stereocenters. The van der Waals surface area contributed by atoms with E-state index in [1.165, 1.54) is 23.4 Å². The number of thioether (sulfide) groups is 1. The Balaban J connectivity index is 1.49. The quantitative estimate of drug-likeness (QED) is 0.598. The monoisotopic (exact) mass is 450 g/mol. The zero-order valence-corrected chi connectivity index (χ0v) is 19.1. The molecule has 3 heterocycles. The Kier molecular flexibility index (Phi) is 5.91. The molecule has 0 radical (unpaired) electrons. The van der Waals surface area contributed by atoms with E-state index >= 15 is 0 Å². The van der Waals surface area contributed by atoms with E-state index in [1.807, 2.05) is 16.7 Å². The van der Waals surface area contributed by atoms with E-state index in [0.717, 1.165) is 56.5 Å². The minimum Gasteiger partial charge on any atom is -0.368 e. The maximum absolute atomic E-state index is 14.2. The highest BCUT2D eigenvalue weighted by atomic mass is 32.2. The zero-order chi connectivity index (χ0) is 22.1. The maximum Gasteiger partial charge on any atom is 0.257 e. The van der Waals surface area contributed by atoms with E-state index in [0.29, 0.717) is 16.5 Å². The van der Waals surface area contributed by atoms with Gasteiger partial charge in [-0.1, -0.05) is 12.1 Å². The molecular weight excluding hydrogens is 423 g/mol. The van der Waals surface area contributed by atoms with Crippen molar-refractivity contribution < 1.29 is 9.18 Å². The summed E-state index contributed by atoms with van der Waals surface area (Å²) in [5.74, 6) is 1.59. The summed E-state index contributed by atoms with van der Waals surface area (Å²) < 4.78 is 14.2. The molecule has 0 spiro atoms. The highest BCUT2D eigenvalue weighted by molar-refractivity contribution is 7.99. The summed E-state index contributed by atoms with van der Waals surface area (Å²) in [4.78, 5) is 24.5. The molecule has 166 valence electrons. The number of hydrogen-bond acceptors (Lipinski definition) is 5. The molecule has 1 amide bonds. The Bertz CT molecular complexity index is 1140. The van der Waals surface area contributed by atoms with Gasteiger partial charge in [0, 0.05) is 68.0 Å². The minimum absolute atomic E-state index is 0.0000694. The standard InChI is InChI=1S/C25H27FN4OS/c1-18-3-2-4-20(15-18)28-7-9-29(10-8-28)24-21-16-19(26)5-6-23(21)27-17-22(24)25(31)30-11-13-32-14-12-30/h2-6,15-17H,7-14H2,1H3. The van der Waals surface area contributed by atoms with Crippen LogP contribution in [0.5, 0.6) is 0 Å². The van der Waals surface area contributed by atoms with Crippen molar-refractivity contribution in [3.63, 3.8) is 0 Å². The molecule has 2 saturated heterocycles. The molecule has 5 nitrogen and oxygen atoms in total. The lowest BCUT2D eigenvalue weighted by atomic mass is 10.1. The van der Waals surface area contributed by atoms with E-state index < -0.39 is 0 Å². The number of halogens is 1. The number of amides is 1. The SMILES string of the molecule is Cc1cccc(N2CCN(c3c(C(=O)N4CCSCC4)cnc4ccc(F)cc34)CC2)c1. The molecule has 7 heteroatoms. The van der Waals surface area contributed by atoms with E-state index in [4.69, 9.17) is 0 Å². The molecule has 0 aliphatic carbocycles. The van der Waals surface area contributed by atoms with Crippen LogP contribution in [0.3, 0.4) is 0 Å². The van der Waals surface area contributed by atoms with Crippen molar-refractivity contribution in [1.82, 2.24) is 9.88 Å². The number of rotatable bonds is 3. The van der Waals surface area contributed by atoms with Crippen molar-refractivity contribution in [3.8, 4) is 0 Å². The van der Waals surface area contributed by atoms with Gasteiger partial charge >= 0.3 is 0 Å². The van der Waals surface area contributed by atoms with Gasteiger partial charge in [-0.2, -0.15) is 11.8 Å². The molecule has 1 aromatic heterocycles. The molecule has 2 aromatic carbocycles. The van der Waals surface area contributed by atoms with Gasteiger partial charge in [-0.3, -0.25) is 9.78 Å². The van der Waals surface area contributed by atoms with Gasteiger partial charge in [0.1, 0.15) is 5.82 Å². The first kappa shape index (κ1) is 21.1. The number of benzene rings is 2. The lowest BCUT2D eigenvalue weighted by Crippen LogP contribution is -2.47. The third-order valence-corrected chi connectivity index (χ3v) is 7.24. The van der Waals surface area contributed by atoms with Crippen molar-refractivity contribution in [2.75, 3.05) is 60.6 Å². The first-order valence-corrected chi connectivity index (χ1v) is 12.3. The van der Waals surface area contributed by atoms with Crippen LogP contribution in [0.2, 0.25) is 0 Å². The Morgan fingerprint density at radius 2 is 1.72 bits per heavy atom. The normalized spacial score (nSPS) is 17.1. The second-order valence-corrected chi connectivity index (χ2v) is 9.62. The summed E-state index contributed by atoms with van der Waals surface area (Å²) in [5.41, 5.74) is 4.58. The molecule has 5 rings (SSSR count). The molecule has 0 bridgehead atoms. The van der Waals surface area contributed by atoms with Crippen molar-refractivity contribution >= 4 is 39.9 Å². The molecule has 2 fully saturated rings. The number of anilines is 2.